The van der Waals surface area contributed by atoms with Crippen LogP contribution in [-0.2, 0) is 0 Å². The van der Waals surface area contributed by atoms with Crippen molar-refractivity contribution in [3.05, 3.63) is 87.1 Å². The highest BCUT2D eigenvalue weighted by atomic mass is 79.9. The molecule has 5 rings (SSSR count). The molecule has 0 aliphatic carbocycles. The van der Waals surface area contributed by atoms with E-state index in [4.69, 9.17) is 23.2 Å². The van der Waals surface area contributed by atoms with Gasteiger partial charge in [-0.1, -0.05) is 29.3 Å². The molecule has 0 N–H and O–H groups in total. The summed E-state index contributed by atoms with van der Waals surface area (Å²) >= 11 is 15.4. The summed E-state index contributed by atoms with van der Waals surface area (Å²) in [4.78, 5) is 12.9. The molecule has 0 atom stereocenters. The van der Waals surface area contributed by atoms with Crippen molar-refractivity contribution < 1.29 is 0 Å². The molecule has 0 bridgehead atoms. The van der Waals surface area contributed by atoms with E-state index in [1.807, 2.05) is 71.6 Å². The lowest BCUT2D eigenvalue weighted by Crippen LogP contribution is -1.92. The molecule has 0 saturated heterocycles. The van der Waals surface area contributed by atoms with Crippen molar-refractivity contribution in [3.8, 4) is 11.4 Å². The number of imidazole rings is 2. The number of hydrogen-bond donors (Lipinski definition) is 0. The number of fused-ring (bicyclic) bond motifs is 2. The van der Waals surface area contributed by atoms with Crippen LogP contribution >= 0.6 is 39.1 Å². The zero-order valence-electron chi connectivity index (χ0n) is 15.6. The number of nitrogens with zero attached hydrogens (tertiary/aromatic N) is 5. The standard InChI is InChI=1S/C13H9BrClN3.C8H7ClN2/c1-8-5-13-16-6-11(18(13)7-9(8)15)10-3-2-4-12(14)17-10;1-6-4-8-10-2-3-11(8)5-7(6)9/h2-7H,1H3;2-5H,1H3. The van der Waals surface area contributed by atoms with E-state index in [0.29, 0.717) is 0 Å². The first-order chi connectivity index (χ1) is 13.9. The van der Waals surface area contributed by atoms with Crippen molar-refractivity contribution in [2.75, 3.05) is 0 Å². The van der Waals surface area contributed by atoms with E-state index in [0.717, 1.165) is 48.5 Å². The Bertz CT molecular complexity index is 1290. The van der Waals surface area contributed by atoms with E-state index < -0.39 is 0 Å². The fourth-order valence-corrected chi connectivity index (χ4v) is 3.52. The predicted octanol–water partition coefficient (Wildman–Crippen LogP) is 6.42. The Balaban J connectivity index is 0.000000159. The predicted molar refractivity (Wildman–Crippen MR) is 121 cm³/mol. The third-order valence-corrected chi connectivity index (χ3v) is 5.67. The lowest BCUT2D eigenvalue weighted by atomic mass is 10.2. The summed E-state index contributed by atoms with van der Waals surface area (Å²) in [6.45, 7) is 3.94. The molecule has 5 nitrogen and oxygen atoms in total. The lowest BCUT2D eigenvalue weighted by Gasteiger charge is -2.04. The van der Waals surface area contributed by atoms with Gasteiger partial charge in [0, 0.05) is 24.8 Å². The third-order valence-electron chi connectivity index (χ3n) is 4.44. The van der Waals surface area contributed by atoms with E-state index in [1.165, 1.54) is 0 Å². The molecule has 5 aromatic rings. The number of hydrogen-bond acceptors (Lipinski definition) is 3. The molecular formula is C21H16BrCl2N5. The maximum absolute atomic E-state index is 6.16. The first-order valence-corrected chi connectivity index (χ1v) is 10.3. The molecule has 146 valence electrons. The van der Waals surface area contributed by atoms with Crippen molar-refractivity contribution in [2.45, 2.75) is 13.8 Å². The Morgan fingerprint density at radius 2 is 1.66 bits per heavy atom. The van der Waals surface area contributed by atoms with E-state index in [-0.39, 0.29) is 0 Å². The first kappa shape index (κ1) is 19.9. The summed E-state index contributed by atoms with van der Waals surface area (Å²) in [5.74, 6) is 0. The van der Waals surface area contributed by atoms with Crippen molar-refractivity contribution in [3.63, 3.8) is 0 Å². The molecule has 5 heterocycles. The molecule has 0 unspecified atom stereocenters. The topological polar surface area (TPSA) is 47.5 Å². The smallest absolute Gasteiger partial charge is 0.137 e. The second kappa shape index (κ2) is 8.14. The molecule has 8 heteroatoms. The summed E-state index contributed by atoms with van der Waals surface area (Å²) in [7, 11) is 0. The minimum Gasteiger partial charge on any atom is -0.306 e. The van der Waals surface area contributed by atoms with Crippen LogP contribution in [0.15, 0.2) is 65.9 Å². The SMILES string of the molecule is Cc1cc2ncc(-c3cccc(Br)n3)n2cc1Cl.Cc1cc2nccn2cc1Cl. The van der Waals surface area contributed by atoms with Crippen LogP contribution in [0.5, 0.6) is 0 Å². The molecule has 5 aromatic heterocycles. The van der Waals surface area contributed by atoms with Gasteiger partial charge in [-0.3, -0.25) is 4.40 Å². The van der Waals surface area contributed by atoms with Crippen LogP contribution in [0, 0.1) is 13.8 Å². The average Bonchev–Trinajstić information content (AvgIpc) is 3.30. The van der Waals surface area contributed by atoms with E-state index >= 15 is 0 Å². The van der Waals surface area contributed by atoms with Gasteiger partial charge in [-0.25, -0.2) is 15.0 Å². The van der Waals surface area contributed by atoms with Crippen molar-refractivity contribution in [2.24, 2.45) is 0 Å². The average molecular weight is 489 g/mol. The number of halogens is 3. The fraction of sp³-hybridized carbons (Fsp3) is 0.0952. The molecule has 0 amide bonds. The van der Waals surface area contributed by atoms with E-state index in [9.17, 15) is 0 Å². The van der Waals surface area contributed by atoms with Gasteiger partial charge in [0.25, 0.3) is 0 Å². The Morgan fingerprint density at radius 3 is 2.41 bits per heavy atom. The zero-order valence-corrected chi connectivity index (χ0v) is 18.7. The molecule has 0 fully saturated rings. The fourth-order valence-electron chi connectivity index (χ4n) is 2.87. The van der Waals surface area contributed by atoms with Gasteiger partial charge in [-0.2, -0.15) is 0 Å². The molecule has 0 aromatic carbocycles. The van der Waals surface area contributed by atoms with Gasteiger partial charge in [-0.05, 0) is 65.2 Å². The highest BCUT2D eigenvalue weighted by Crippen LogP contribution is 2.24. The van der Waals surface area contributed by atoms with Crippen LogP contribution < -0.4 is 0 Å². The van der Waals surface area contributed by atoms with Gasteiger partial charge in [0.05, 0.1) is 27.6 Å². The maximum Gasteiger partial charge on any atom is 0.137 e. The summed E-state index contributed by atoms with van der Waals surface area (Å²) in [6, 6.07) is 9.71. The second-order valence-corrected chi connectivity index (χ2v) is 8.15. The van der Waals surface area contributed by atoms with Gasteiger partial charge < -0.3 is 4.40 Å². The van der Waals surface area contributed by atoms with E-state index in [1.54, 1.807) is 12.4 Å². The highest BCUT2D eigenvalue weighted by molar-refractivity contribution is 9.10. The van der Waals surface area contributed by atoms with E-state index in [2.05, 4.69) is 30.9 Å². The van der Waals surface area contributed by atoms with Crippen molar-refractivity contribution >= 4 is 50.4 Å². The summed E-state index contributed by atoms with van der Waals surface area (Å²) in [5.41, 5.74) is 5.67. The normalized spacial score (nSPS) is 10.9. The molecule has 0 aliphatic heterocycles. The minimum absolute atomic E-state index is 0.719. The zero-order chi connectivity index (χ0) is 20.5. The molecular weight excluding hydrogens is 473 g/mol. The van der Waals surface area contributed by atoms with Gasteiger partial charge in [-0.15, -0.1) is 0 Å². The third kappa shape index (κ3) is 4.15. The van der Waals surface area contributed by atoms with Gasteiger partial charge in [0.2, 0.25) is 0 Å². The first-order valence-electron chi connectivity index (χ1n) is 8.77. The monoisotopic (exact) mass is 487 g/mol. The number of aromatic nitrogens is 5. The van der Waals surface area contributed by atoms with Crippen LogP contribution in [0.4, 0.5) is 0 Å². The number of rotatable bonds is 1. The van der Waals surface area contributed by atoms with Crippen molar-refractivity contribution in [1.82, 2.24) is 23.8 Å². The lowest BCUT2D eigenvalue weighted by molar-refractivity contribution is 1.15. The Hall–Kier alpha value is -2.41. The Kier molecular flexibility index (Phi) is 5.58. The minimum atomic E-state index is 0.719. The van der Waals surface area contributed by atoms with Crippen LogP contribution in [0.2, 0.25) is 10.0 Å². The van der Waals surface area contributed by atoms with Crippen molar-refractivity contribution in [1.29, 1.82) is 0 Å². The van der Waals surface area contributed by atoms with Crippen LogP contribution in [0.3, 0.4) is 0 Å². The largest absolute Gasteiger partial charge is 0.306 e. The number of aryl methyl sites for hydroxylation is 2. The van der Waals surface area contributed by atoms with Gasteiger partial charge in [0.1, 0.15) is 15.9 Å². The molecule has 0 saturated carbocycles. The molecule has 0 spiro atoms. The van der Waals surface area contributed by atoms with Gasteiger partial charge in [0.15, 0.2) is 0 Å². The van der Waals surface area contributed by atoms with Gasteiger partial charge >= 0.3 is 0 Å². The molecule has 0 radical (unpaired) electrons. The quantitative estimate of drug-likeness (QED) is 0.256. The molecule has 29 heavy (non-hydrogen) atoms. The Labute approximate surface area is 186 Å². The summed E-state index contributed by atoms with van der Waals surface area (Å²) in [5, 5.41) is 1.49. The number of pyridine rings is 3. The van der Waals surface area contributed by atoms with Crippen LogP contribution in [-0.4, -0.2) is 23.8 Å². The Morgan fingerprint density at radius 1 is 0.931 bits per heavy atom. The van der Waals surface area contributed by atoms with Crippen LogP contribution in [0.25, 0.3) is 22.7 Å². The second-order valence-electron chi connectivity index (χ2n) is 6.52. The summed E-state index contributed by atoms with van der Waals surface area (Å²) < 4.78 is 4.65. The highest BCUT2D eigenvalue weighted by Gasteiger charge is 2.09. The summed E-state index contributed by atoms with van der Waals surface area (Å²) in [6.07, 6.45) is 9.17. The molecule has 0 aliphatic rings. The van der Waals surface area contributed by atoms with Crippen LogP contribution in [0.1, 0.15) is 11.1 Å². The maximum atomic E-state index is 6.16.